The molecule has 0 aliphatic carbocycles. The number of rotatable bonds is 2. The van der Waals surface area contributed by atoms with E-state index in [-0.39, 0.29) is 0 Å². The standard InChI is InChI=1S/C29H18N2S/c1-2-8-19(9-3-1)28-21-11-5-4-10-20(21)18-27(30-28)31-25-13-7-6-12-22(25)23-14-15-26-24(29(23)31)16-17-32-26/h1-18H. The van der Waals surface area contributed by atoms with Crippen LogP contribution in [0.15, 0.2) is 109 Å². The number of hydrogen-bond donors (Lipinski definition) is 0. The normalized spacial score (nSPS) is 11.8. The van der Waals surface area contributed by atoms with Crippen molar-refractivity contribution >= 4 is 54.0 Å². The van der Waals surface area contributed by atoms with Crippen LogP contribution in [-0.2, 0) is 0 Å². The van der Waals surface area contributed by atoms with Crippen molar-refractivity contribution in [1.82, 2.24) is 9.55 Å². The molecule has 0 aliphatic heterocycles. The summed E-state index contributed by atoms with van der Waals surface area (Å²) in [5.41, 5.74) is 4.56. The fourth-order valence-corrected chi connectivity index (χ4v) is 5.65. The van der Waals surface area contributed by atoms with Crippen molar-refractivity contribution in [1.29, 1.82) is 0 Å². The van der Waals surface area contributed by atoms with Gasteiger partial charge in [0.15, 0.2) is 0 Å². The van der Waals surface area contributed by atoms with Crippen LogP contribution in [0.1, 0.15) is 0 Å². The average molecular weight is 427 g/mol. The van der Waals surface area contributed by atoms with Crippen LogP contribution < -0.4 is 0 Å². The molecule has 150 valence electrons. The van der Waals surface area contributed by atoms with Crippen molar-refractivity contribution < 1.29 is 0 Å². The molecule has 0 amide bonds. The third-order valence-corrected chi connectivity index (χ3v) is 7.15. The minimum atomic E-state index is 0.951. The van der Waals surface area contributed by atoms with Gasteiger partial charge in [-0.3, -0.25) is 4.57 Å². The number of aromatic nitrogens is 2. The Hall–Kier alpha value is -3.95. The van der Waals surface area contributed by atoms with Gasteiger partial charge < -0.3 is 0 Å². The van der Waals surface area contributed by atoms with E-state index in [0.717, 1.165) is 17.1 Å². The van der Waals surface area contributed by atoms with E-state index in [9.17, 15) is 0 Å². The van der Waals surface area contributed by atoms with E-state index in [0.29, 0.717) is 0 Å². The number of nitrogens with zero attached hydrogens (tertiary/aromatic N) is 2. The van der Waals surface area contributed by atoms with Gasteiger partial charge in [0.05, 0.1) is 16.7 Å². The van der Waals surface area contributed by atoms with Crippen molar-refractivity contribution in [2.75, 3.05) is 0 Å². The van der Waals surface area contributed by atoms with Crippen LogP contribution >= 0.6 is 11.3 Å². The largest absolute Gasteiger partial charge is 0.293 e. The van der Waals surface area contributed by atoms with Crippen LogP contribution in [0.25, 0.3) is 59.7 Å². The molecule has 4 aromatic carbocycles. The van der Waals surface area contributed by atoms with E-state index in [1.54, 1.807) is 11.3 Å². The molecule has 7 aromatic rings. The molecule has 3 aromatic heterocycles. The van der Waals surface area contributed by atoms with Crippen LogP contribution in [0.2, 0.25) is 0 Å². The van der Waals surface area contributed by atoms with Gasteiger partial charge in [-0.05, 0) is 35.0 Å². The Morgan fingerprint density at radius 2 is 1.41 bits per heavy atom. The second-order valence-electron chi connectivity index (χ2n) is 8.06. The Labute approximate surface area is 189 Å². The summed E-state index contributed by atoms with van der Waals surface area (Å²) >= 11 is 1.78. The van der Waals surface area contributed by atoms with E-state index in [2.05, 4.69) is 113 Å². The first-order valence-corrected chi connectivity index (χ1v) is 11.6. The quantitative estimate of drug-likeness (QED) is 0.272. The minimum Gasteiger partial charge on any atom is -0.293 e. The fourth-order valence-electron chi connectivity index (χ4n) is 4.86. The lowest BCUT2D eigenvalue weighted by molar-refractivity contribution is 1.10. The highest BCUT2D eigenvalue weighted by molar-refractivity contribution is 7.17. The average Bonchev–Trinajstić information content (AvgIpc) is 3.46. The maximum atomic E-state index is 5.27. The predicted octanol–water partition coefficient (Wildman–Crippen LogP) is 8.21. The summed E-state index contributed by atoms with van der Waals surface area (Å²) in [6.07, 6.45) is 0. The topological polar surface area (TPSA) is 17.8 Å². The molecule has 0 saturated heterocycles. The summed E-state index contributed by atoms with van der Waals surface area (Å²) in [4.78, 5) is 5.27. The van der Waals surface area contributed by atoms with Crippen LogP contribution in [0, 0.1) is 0 Å². The van der Waals surface area contributed by atoms with Gasteiger partial charge in [0.2, 0.25) is 0 Å². The summed E-state index contributed by atoms with van der Waals surface area (Å²) in [6.45, 7) is 0. The lowest BCUT2D eigenvalue weighted by Crippen LogP contribution is -2.00. The van der Waals surface area contributed by atoms with Gasteiger partial charge in [0, 0.05) is 31.8 Å². The highest BCUT2D eigenvalue weighted by Gasteiger charge is 2.17. The van der Waals surface area contributed by atoms with E-state index in [1.807, 2.05) is 0 Å². The van der Waals surface area contributed by atoms with Gasteiger partial charge in [0.25, 0.3) is 0 Å². The molecule has 0 atom stereocenters. The third kappa shape index (κ3) is 2.49. The maximum Gasteiger partial charge on any atom is 0.138 e. The molecular weight excluding hydrogens is 408 g/mol. The van der Waals surface area contributed by atoms with E-state index in [4.69, 9.17) is 4.98 Å². The zero-order valence-corrected chi connectivity index (χ0v) is 18.0. The maximum absolute atomic E-state index is 5.27. The first-order valence-electron chi connectivity index (χ1n) is 10.7. The molecule has 7 rings (SSSR count). The van der Waals surface area contributed by atoms with E-state index >= 15 is 0 Å². The molecule has 2 nitrogen and oxygen atoms in total. The number of thiophene rings is 1. The first-order chi connectivity index (χ1) is 15.9. The summed E-state index contributed by atoms with van der Waals surface area (Å²) in [5, 5.41) is 8.34. The molecule has 0 spiro atoms. The van der Waals surface area contributed by atoms with Crippen molar-refractivity contribution in [2.45, 2.75) is 0 Å². The molecule has 0 unspecified atom stereocenters. The molecule has 0 radical (unpaired) electrons. The molecule has 0 saturated carbocycles. The Kier molecular flexibility index (Phi) is 3.75. The lowest BCUT2D eigenvalue weighted by Gasteiger charge is -2.13. The summed E-state index contributed by atoms with van der Waals surface area (Å²) in [5.74, 6) is 0.951. The molecule has 32 heavy (non-hydrogen) atoms. The summed E-state index contributed by atoms with van der Waals surface area (Å²) in [6, 6.07) is 36.6. The highest BCUT2D eigenvalue weighted by Crippen LogP contribution is 2.39. The van der Waals surface area contributed by atoms with Crippen molar-refractivity contribution in [2.24, 2.45) is 0 Å². The first kappa shape index (κ1) is 17.7. The summed E-state index contributed by atoms with van der Waals surface area (Å²) < 4.78 is 3.64. The number of fused-ring (bicyclic) bond motifs is 6. The second kappa shape index (κ2) is 6.78. The van der Waals surface area contributed by atoms with E-state index in [1.165, 1.54) is 42.7 Å². The Morgan fingerprint density at radius 3 is 2.31 bits per heavy atom. The monoisotopic (exact) mass is 426 g/mol. The molecule has 0 bridgehead atoms. The van der Waals surface area contributed by atoms with Crippen LogP contribution in [0.3, 0.4) is 0 Å². The molecule has 3 heteroatoms. The molecule has 0 N–H and O–H groups in total. The van der Waals surface area contributed by atoms with E-state index < -0.39 is 0 Å². The summed E-state index contributed by atoms with van der Waals surface area (Å²) in [7, 11) is 0. The van der Waals surface area contributed by atoms with Gasteiger partial charge in [-0.1, -0.05) is 78.9 Å². The van der Waals surface area contributed by atoms with Gasteiger partial charge >= 0.3 is 0 Å². The number of pyridine rings is 1. The SMILES string of the molecule is c1ccc(-c2nc(-n3c4ccccc4c4ccc5sccc5c43)cc3ccccc23)cc1. The highest BCUT2D eigenvalue weighted by atomic mass is 32.1. The molecule has 3 heterocycles. The zero-order valence-electron chi connectivity index (χ0n) is 17.2. The van der Waals surface area contributed by atoms with Crippen LogP contribution in [-0.4, -0.2) is 9.55 Å². The molecular formula is C29H18N2S. The Morgan fingerprint density at radius 1 is 0.625 bits per heavy atom. The molecule has 0 fully saturated rings. The van der Waals surface area contributed by atoms with Crippen LogP contribution in [0.5, 0.6) is 0 Å². The fraction of sp³-hybridized carbons (Fsp3) is 0. The van der Waals surface area contributed by atoms with Gasteiger partial charge in [-0.2, -0.15) is 0 Å². The molecule has 0 aliphatic rings. The predicted molar refractivity (Wildman–Crippen MR) is 137 cm³/mol. The number of benzene rings is 4. The van der Waals surface area contributed by atoms with Gasteiger partial charge in [-0.15, -0.1) is 11.3 Å². The zero-order chi connectivity index (χ0) is 21.1. The number of para-hydroxylation sites is 1. The minimum absolute atomic E-state index is 0.951. The lowest BCUT2D eigenvalue weighted by atomic mass is 10.0. The van der Waals surface area contributed by atoms with Crippen molar-refractivity contribution in [3.8, 4) is 17.1 Å². The van der Waals surface area contributed by atoms with Crippen molar-refractivity contribution in [3.05, 3.63) is 109 Å². The second-order valence-corrected chi connectivity index (χ2v) is 9.01. The van der Waals surface area contributed by atoms with Gasteiger partial charge in [0.1, 0.15) is 5.82 Å². The third-order valence-electron chi connectivity index (χ3n) is 6.27. The smallest absolute Gasteiger partial charge is 0.138 e. The Balaban J connectivity index is 1.67. The van der Waals surface area contributed by atoms with Gasteiger partial charge in [-0.25, -0.2) is 4.98 Å². The Bertz CT molecular complexity index is 1770. The van der Waals surface area contributed by atoms with Crippen molar-refractivity contribution in [3.63, 3.8) is 0 Å². The van der Waals surface area contributed by atoms with Crippen LogP contribution in [0.4, 0.5) is 0 Å². The number of hydrogen-bond acceptors (Lipinski definition) is 2.